The Morgan fingerprint density at radius 3 is 2.70 bits per heavy atom. The van der Waals surface area contributed by atoms with Gasteiger partial charge >= 0.3 is 0 Å². The molecule has 1 aliphatic heterocycles. The van der Waals surface area contributed by atoms with Gasteiger partial charge in [-0.15, -0.1) is 0 Å². The van der Waals surface area contributed by atoms with Gasteiger partial charge in [-0.25, -0.2) is 0 Å². The zero-order chi connectivity index (χ0) is 19.2. The number of piperidine rings is 1. The summed E-state index contributed by atoms with van der Waals surface area (Å²) >= 11 is 3.42. The van der Waals surface area contributed by atoms with E-state index in [1.165, 1.54) is 0 Å². The maximum atomic E-state index is 12.8. The van der Waals surface area contributed by atoms with Crippen LogP contribution in [0.25, 0.3) is 0 Å². The molecule has 1 unspecified atom stereocenters. The molecule has 144 valence electrons. The molecule has 0 spiro atoms. The van der Waals surface area contributed by atoms with E-state index in [2.05, 4.69) is 15.9 Å². The second kappa shape index (κ2) is 9.24. The van der Waals surface area contributed by atoms with Crippen LogP contribution in [-0.2, 0) is 6.61 Å². The highest BCUT2D eigenvalue weighted by Gasteiger charge is 2.24. The molecule has 1 atom stereocenters. The van der Waals surface area contributed by atoms with E-state index in [1.807, 2.05) is 29.2 Å². The van der Waals surface area contributed by atoms with Crippen molar-refractivity contribution in [1.82, 2.24) is 4.90 Å². The van der Waals surface area contributed by atoms with Crippen molar-refractivity contribution < 1.29 is 19.4 Å². The summed E-state index contributed by atoms with van der Waals surface area (Å²) in [5, 5.41) is 9.37. The molecule has 27 heavy (non-hydrogen) atoms. The maximum absolute atomic E-state index is 12.8. The largest absolute Gasteiger partial charge is 0.493 e. The highest BCUT2D eigenvalue weighted by atomic mass is 79.9. The minimum atomic E-state index is -0.0362. The first kappa shape index (κ1) is 19.7. The summed E-state index contributed by atoms with van der Waals surface area (Å²) in [6.45, 7) is 1.86. The van der Waals surface area contributed by atoms with E-state index < -0.39 is 0 Å². The normalized spacial score (nSPS) is 16.9. The number of nitrogens with zero attached hydrogens (tertiary/aromatic N) is 1. The number of methoxy groups -OCH3 is 1. The average Bonchev–Trinajstić information content (AvgIpc) is 2.72. The highest BCUT2D eigenvalue weighted by Crippen LogP contribution is 2.30. The second-order valence-corrected chi connectivity index (χ2v) is 7.64. The van der Waals surface area contributed by atoms with Crippen LogP contribution in [0.4, 0.5) is 0 Å². The fraction of sp³-hybridized carbons (Fsp3) is 0.381. The Morgan fingerprint density at radius 1 is 1.22 bits per heavy atom. The number of aliphatic hydroxyl groups is 1. The molecule has 1 saturated heterocycles. The zero-order valence-corrected chi connectivity index (χ0v) is 16.9. The third-order valence-electron chi connectivity index (χ3n) is 4.78. The number of carbonyl (C=O) groups excluding carboxylic acids is 1. The summed E-state index contributed by atoms with van der Waals surface area (Å²) in [5.41, 5.74) is 1.62. The zero-order valence-electron chi connectivity index (χ0n) is 15.4. The van der Waals surface area contributed by atoms with Gasteiger partial charge in [-0.1, -0.05) is 28.1 Å². The molecular weight excluding hydrogens is 410 g/mol. The lowest BCUT2D eigenvalue weighted by Gasteiger charge is -2.32. The number of likely N-dealkylation sites (tertiary alicyclic amines) is 1. The quantitative estimate of drug-likeness (QED) is 0.750. The van der Waals surface area contributed by atoms with E-state index in [4.69, 9.17) is 9.47 Å². The lowest BCUT2D eigenvalue weighted by molar-refractivity contribution is 0.0620. The minimum Gasteiger partial charge on any atom is -0.493 e. The Balaban J connectivity index is 1.69. The van der Waals surface area contributed by atoms with Crippen molar-refractivity contribution in [2.24, 2.45) is 5.92 Å². The Labute approximate surface area is 168 Å². The van der Waals surface area contributed by atoms with Gasteiger partial charge in [0.05, 0.1) is 7.11 Å². The van der Waals surface area contributed by atoms with Gasteiger partial charge in [-0.3, -0.25) is 4.79 Å². The van der Waals surface area contributed by atoms with E-state index in [1.54, 1.807) is 25.3 Å². The number of halogens is 1. The molecule has 1 fully saturated rings. The van der Waals surface area contributed by atoms with Crippen LogP contribution in [-0.4, -0.2) is 42.7 Å². The number of carbonyl (C=O) groups is 1. The number of amides is 1. The first-order valence-electron chi connectivity index (χ1n) is 9.06. The lowest BCUT2D eigenvalue weighted by atomic mass is 9.98. The summed E-state index contributed by atoms with van der Waals surface area (Å²) in [4.78, 5) is 14.6. The first-order valence-corrected chi connectivity index (χ1v) is 9.85. The smallest absolute Gasteiger partial charge is 0.254 e. The average molecular weight is 434 g/mol. The Morgan fingerprint density at radius 2 is 2.00 bits per heavy atom. The van der Waals surface area contributed by atoms with E-state index in [0.29, 0.717) is 30.2 Å². The molecule has 0 radical (unpaired) electrons. The van der Waals surface area contributed by atoms with Crippen LogP contribution in [0, 0.1) is 5.92 Å². The fourth-order valence-corrected chi connectivity index (χ4v) is 3.51. The molecule has 1 aliphatic rings. The summed E-state index contributed by atoms with van der Waals surface area (Å²) in [6, 6.07) is 13.2. The second-order valence-electron chi connectivity index (χ2n) is 6.72. The van der Waals surface area contributed by atoms with Gasteiger partial charge in [0, 0.05) is 29.7 Å². The van der Waals surface area contributed by atoms with E-state index >= 15 is 0 Å². The molecule has 1 amide bonds. The van der Waals surface area contributed by atoms with Gasteiger partial charge in [-0.05, 0) is 54.7 Å². The highest BCUT2D eigenvalue weighted by molar-refractivity contribution is 9.10. The van der Waals surface area contributed by atoms with Gasteiger partial charge in [0.15, 0.2) is 11.5 Å². The van der Waals surface area contributed by atoms with Crippen LogP contribution >= 0.6 is 15.9 Å². The minimum absolute atomic E-state index is 0.0362. The predicted octanol–water partition coefficient (Wildman–Crippen LogP) is 3.88. The van der Waals surface area contributed by atoms with Gasteiger partial charge in [0.1, 0.15) is 6.61 Å². The van der Waals surface area contributed by atoms with Gasteiger partial charge in [0.2, 0.25) is 0 Å². The van der Waals surface area contributed by atoms with Crippen LogP contribution < -0.4 is 9.47 Å². The predicted molar refractivity (Wildman–Crippen MR) is 107 cm³/mol. The van der Waals surface area contributed by atoms with Crippen molar-refractivity contribution in [3.8, 4) is 11.5 Å². The van der Waals surface area contributed by atoms with Crippen molar-refractivity contribution >= 4 is 21.8 Å². The number of aliphatic hydroxyl groups excluding tert-OH is 1. The maximum Gasteiger partial charge on any atom is 0.254 e. The summed E-state index contributed by atoms with van der Waals surface area (Å²) in [7, 11) is 1.57. The fourth-order valence-electron chi connectivity index (χ4n) is 3.24. The van der Waals surface area contributed by atoms with Gasteiger partial charge in [0.25, 0.3) is 5.91 Å². The van der Waals surface area contributed by atoms with Crippen LogP contribution in [0.3, 0.4) is 0 Å². The number of hydrogen-bond acceptors (Lipinski definition) is 4. The molecule has 5 nitrogen and oxygen atoms in total. The molecule has 6 heteroatoms. The summed E-state index contributed by atoms with van der Waals surface area (Å²) in [5.74, 6) is 1.27. The third kappa shape index (κ3) is 5.02. The number of ether oxygens (including phenoxy) is 2. The topological polar surface area (TPSA) is 59.0 Å². The van der Waals surface area contributed by atoms with E-state index in [-0.39, 0.29) is 18.4 Å². The molecule has 1 heterocycles. The number of benzene rings is 2. The molecule has 0 saturated carbocycles. The number of rotatable bonds is 6. The number of hydrogen-bond donors (Lipinski definition) is 1. The van der Waals surface area contributed by atoms with E-state index in [9.17, 15) is 9.90 Å². The molecule has 2 aromatic carbocycles. The van der Waals surface area contributed by atoms with E-state index in [0.717, 1.165) is 29.4 Å². The van der Waals surface area contributed by atoms with Crippen LogP contribution in [0.2, 0.25) is 0 Å². The Hall–Kier alpha value is -2.05. The molecular formula is C21H24BrNO4. The molecule has 1 N–H and O–H groups in total. The van der Waals surface area contributed by atoms with Crippen molar-refractivity contribution in [2.75, 3.05) is 26.8 Å². The molecule has 0 aliphatic carbocycles. The summed E-state index contributed by atoms with van der Waals surface area (Å²) < 4.78 is 12.3. The van der Waals surface area contributed by atoms with Gasteiger partial charge in [-0.2, -0.15) is 0 Å². The van der Waals surface area contributed by atoms with Crippen molar-refractivity contribution in [2.45, 2.75) is 19.4 Å². The van der Waals surface area contributed by atoms with Crippen molar-refractivity contribution in [3.05, 3.63) is 58.1 Å². The first-order chi connectivity index (χ1) is 13.1. The van der Waals surface area contributed by atoms with Crippen molar-refractivity contribution in [3.63, 3.8) is 0 Å². The monoisotopic (exact) mass is 433 g/mol. The molecule has 2 aromatic rings. The molecule has 0 aromatic heterocycles. The third-order valence-corrected chi connectivity index (χ3v) is 5.31. The summed E-state index contributed by atoms with van der Waals surface area (Å²) in [6.07, 6.45) is 1.88. The Kier molecular flexibility index (Phi) is 6.74. The molecule has 3 rings (SSSR count). The lowest BCUT2D eigenvalue weighted by Crippen LogP contribution is -2.40. The van der Waals surface area contributed by atoms with Crippen LogP contribution in [0.5, 0.6) is 11.5 Å². The van der Waals surface area contributed by atoms with Gasteiger partial charge < -0.3 is 19.5 Å². The van der Waals surface area contributed by atoms with Crippen LogP contribution in [0.15, 0.2) is 46.9 Å². The Bertz CT molecular complexity index is 778. The molecule has 0 bridgehead atoms. The van der Waals surface area contributed by atoms with Crippen molar-refractivity contribution in [1.29, 1.82) is 0 Å². The van der Waals surface area contributed by atoms with Crippen LogP contribution in [0.1, 0.15) is 28.8 Å². The standard InChI is InChI=1S/C21H24BrNO4/c1-26-20-11-17(21(25)23-10-2-3-16(12-23)13-24)6-9-19(20)27-14-15-4-7-18(22)8-5-15/h4-9,11,16,24H,2-3,10,12-14H2,1H3. The SMILES string of the molecule is COc1cc(C(=O)N2CCCC(CO)C2)ccc1OCc1ccc(Br)cc1.